The normalized spacial score (nSPS) is 13.6. The Morgan fingerprint density at radius 2 is 2.46 bits per heavy atom. The number of rotatable bonds is 1. The largest absolute Gasteiger partial charge is 0.375 e. The molecule has 0 bridgehead atoms. The fourth-order valence-electron chi connectivity index (χ4n) is 1.29. The van der Waals surface area contributed by atoms with Gasteiger partial charge in [-0.1, -0.05) is 17.8 Å². The third-order valence-electron chi connectivity index (χ3n) is 1.90. The van der Waals surface area contributed by atoms with Gasteiger partial charge in [0.05, 0.1) is 5.88 Å². The van der Waals surface area contributed by atoms with Crippen LogP contribution in [-0.2, 0) is 0 Å². The van der Waals surface area contributed by atoms with Gasteiger partial charge in [0.15, 0.2) is 0 Å². The lowest BCUT2D eigenvalue weighted by Crippen LogP contribution is -1.94. The van der Waals surface area contributed by atoms with Gasteiger partial charge in [0, 0.05) is 16.1 Å². The van der Waals surface area contributed by atoms with Crippen molar-refractivity contribution in [1.29, 1.82) is 0 Å². The summed E-state index contributed by atoms with van der Waals surface area (Å²) in [7, 11) is 0. The molecule has 0 saturated carbocycles. The molecule has 0 fully saturated rings. The Balaban J connectivity index is 2.47. The summed E-state index contributed by atoms with van der Waals surface area (Å²) in [6.07, 6.45) is 1.81. The van der Waals surface area contributed by atoms with E-state index in [0.29, 0.717) is 0 Å². The van der Waals surface area contributed by atoms with E-state index < -0.39 is 0 Å². The molecule has 4 heteroatoms. The number of anilines is 1. The van der Waals surface area contributed by atoms with Crippen LogP contribution < -0.4 is 5.32 Å². The molecule has 1 aliphatic rings. The molecule has 2 rings (SSSR count). The predicted molar refractivity (Wildman–Crippen MR) is 58.6 cm³/mol. The highest BCUT2D eigenvalue weighted by Crippen LogP contribution is 2.37. The fourth-order valence-corrected chi connectivity index (χ4v) is 2.73. The van der Waals surface area contributed by atoms with E-state index in [1.807, 2.05) is 24.5 Å². The minimum absolute atomic E-state index is 0.146. The van der Waals surface area contributed by atoms with Crippen molar-refractivity contribution < 1.29 is 4.79 Å². The number of nitrogens with one attached hydrogen (secondary N) is 1. The average Bonchev–Trinajstić information content (AvgIpc) is 2.63. The number of carbonyl (C=O) groups excluding carboxylic acids is 1. The molecule has 1 aromatic carbocycles. The van der Waals surface area contributed by atoms with Crippen molar-refractivity contribution in [2.75, 3.05) is 17.4 Å². The predicted octanol–water partition coefficient (Wildman–Crippen LogP) is 2.66. The second kappa shape index (κ2) is 3.64. The van der Waals surface area contributed by atoms with Gasteiger partial charge in [-0.2, -0.15) is 0 Å². The highest BCUT2D eigenvalue weighted by molar-refractivity contribution is 8.13. The first-order valence-corrected chi connectivity index (χ1v) is 6.12. The molecule has 0 aromatic heterocycles. The Bertz CT molecular complexity index is 351. The van der Waals surface area contributed by atoms with E-state index in [-0.39, 0.29) is 5.12 Å². The quantitative estimate of drug-likeness (QED) is 0.773. The Morgan fingerprint density at radius 3 is 3.23 bits per heavy atom. The van der Waals surface area contributed by atoms with Crippen LogP contribution in [0.4, 0.5) is 5.69 Å². The number of hydrogen-bond donors (Lipinski definition) is 1. The average molecular weight is 211 g/mol. The number of benzene rings is 1. The minimum atomic E-state index is 0.146. The standard InChI is InChI=1S/C9H9NOS2/c1-12-9(11)6-3-2-4-7-8(6)13-5-10-7/h2-4,10H,5H2,1H3. The Morgan fingerprint density at radius 1 is 1.62 bits per heavy atom. The molecule has 13 heavy (non-hydrogen) atoms. The maximum atomic E-state index is 11.5. The van der Waals surface area contributed by atoms with Crippen LogP contribution in [0.3, 0.4) is 0 Å². The molecule has 0 amide bonds. The van der Waals surface area contributed by atoms with Crippen molar-refractivity contribution >= 4 is 34.3 Å². The summed E-state index contributed by atoms with van der Waals surface area (Å²) in [6.45, 7) is 0. The molecule has 1 heterocycles. The summed E-state index contributed by atoms with van der Waals surface area (Å²) in [4.78, 5) is 12.6. The Labute approximate surface area is 85.5 Å². The lowest BCUT2D eigenvalue weighted by molar-refractivity contribution is 0.108. The molecule has 0 aliphatic carbocycles. The molecule has 2 nitrogen and oxygen atoms in total. The number of thioether (sulfide) groups is 2. The highest BCUT2D eigenvalue weighted by Gasteiger charge is 2.18. The zero-order valence-corrected chi connectivity index (χ0v) is 8.80. The van der Waals surface area contributed by atoms with Gasteiger partial charge in [0.2, 0.25) is 5.12 Å². The van der Waals surface area contributed by atoms with Crippen LogP contribution in [0.25, 0.3) is 0 Å². The van der Waals surface area contributed by atoms with Crippen molar-refractivity contribution in [2.24, 2.45) is 0 Å². The smallest absolute Gasteiger partial charge is 0.220 e. The van der Waals surface area contributed by atoms with Crippen LogP contribution in [0.15, 0.2) is 23.1 Å². The second-order valence-electron chi connectivity index (χ2n) is 2.64. The first-order valence-electron chi connectivity index (χ1n) is 3.91. The maximum absolute atomic E-state index is 11.5. The third-order valence-corrected chi connectivity index (χ3v) is 3.51. The van der Waals surface area contributed by atoms with Gasteiger partial charge in [-0.05, 0) is 18.4 Å². The molecular weight excluding hydrogens is 202 g/mol. The first-order chi connectivity index (χ1) is 6.33. The van der Waals surface area contributed by atoms with Gasteiger partial charge in [-0.25, -0.2) is 0 Å². The molecule has 1 N–H and O–H groups in total. The summed E-state index contributed by atoms with van der Waals surface area (Å²) in [6, 6.07) is 5.81. The third kappa shape index (κ3) is 1.56. The van der Waals surface area contributed by atoms with E-state index in [4.69, 9.17) is 0 Å². The topological polar surface area (TPSA) is 29.1 Å². The van der Waals surface area contributed by atoms with Crippen LogP contribution in [0, 0.1) is 0 Å². The van der Waals surface area contributed by atoms with Gasteiger partial charge in [0.1, 0.15) is 0 Å². The number of fused-ring (bicyclic) bond motifs is 1. The van der Waals surface area contributed by atoms with E-state index >= 15 is 0 Å². The van der Waals surface area contributed by atoms with E-state index in [9.17, 15) is 4.79 Å². The highest BCUT2D eigenvalue weighted by atomic mass is 32.2. The number of carbonyl (C=O) groups is 1. The van der Waals surface area contributed by atoms with E-state index in [1.165, 1.54) is 11.8 Å². The second-order valence-corrected chi connectivity index (χ2v) is 4.40. The zero-order valence-electron chi connectivity index (χ0n) is 7.16. The van der Waals surface area contributed by atoms with E-state index in [1.54, 1.807) is 11.8 Å². The summed E-state index contributed by atoms with van der Waals surface area (Å²) >= 11 is 2.96. The van der Waals surface area contributed by atoms with Gasteiger partial charge >= 0.3 is 0 Å². The van der Waals surface area contributed by atoms with Gasteiger partial charge in [0.25, 0.3) is 0 Å². The summed E-state index contributed by atoms with van der Waals surface area (Å²) in [5.41, 5.74) is 1.92. The lowest BCUT2D eigenvalue weighted by Gasteiger charge is -2.03. The zero-order chi connectivity index (χ0) is 9.26. The molecular formula is C9H9NOS2. The monoisotopic (exact) mass is 211 g/mol. The van der Waals surface area contributed by atoms with Crippen molar-refractivity contribution in [3.63, 3.8) is 0 Å². The Kier molecular flexibility index (Phi) is 2.51. The fraction of sp³-hybridized carbons (Fsp3) is 0.222. The van der Waals surface area contributed by atoms with Gasteiger partial charge < -0.3 is 5.32 Å². The Hall–Kier alpha value is -0.610. The van der Waals surface area contributed by atoms with E-state index in [2.05, 4.69) is 5.32 Å². The SMILES string of the molecule is CSC(=O)c1cccc2c1SCN2. The van der Waals surface area contributed by atoms with Crippen LogP contribution >= 0.6 is 23.5 Å². The molecule has 68 valence electrons. The minimum Gasteiger partial charge on any atom is -0.375 e. The molecule has 0 spiro atoms. The molecule has 1 aliphatic heterocycles. The van der Waals surface area contributed by atoms with Crippen LogP contribution in [-0.4, -0.2) is 17.2 Å². The van der Waals surface area contributed by atoms with Crippen LogP contribution in [0.1, 0.15) is 10.4 Å². The molecule has 0 saturated heterocycles. The van der Waals surface area contributed by atoms with Crippen LogP contribution in [0.5, 0.6) is 0 Å². The maximum Gasteiger partial charge on any atom is 0.220 e. The molecule has 0 unspecified atom stereocenters. The lowest BCUT2D eigenvalue weighted by atomic mass is 10.2. The first kappa shape index (κ1) is 8.97. The summed E-state index contributed by atoms with van der Waals surface area (Å²) < 4.78 is 0. The summed E-state index contributed by atoms with van der Waals surface area (Å²) in [5.74, 6) is 0.869. The van der Waals surface area contributed by atoms with Crippen molar-refractivity contribution in [2.45, 2.75) is 4.90 Å². The molecule has 0 radical (unpaired) electrons. The van der Waals surface area contributed by atoms with Crippen molar-refractivity contribution in [3.8, 4) is 0 Å². The van der Waals surface area contributed by atoms with Gasteiger partial charge in [-0.3, -0.25) is 4.79 Å². The van der Waals surface area contributed by atoms with Crippen molar-refractivity contribution in [3.05, 3.63) is 23.8 Å². The van der Waals surface area contributed by atoms with Crippen molar-refractivity contribution in [1.82, 2.24) is 0 Å². The molecule has 0 atom stereocenters. The molecule has 1 aromatic rings. The summed E-state index contributed by atoms with van der Waals surface area (Å²) in [5, 5.41) is 3.37. The van der Waals surface area contributed by atoms with Gasteiger partial charge in [-0.15, -0.1) is 11.8 Å². The van der Waals surface area contributed by atoms with E-state index in [0.717, 1.165) is 22.0 Å². The number of hydrogen-bond acceptors (Lipinski definition) is 4. The van der Waals surface area contributed by atoms with Crippen LogP contribution in [0.2, 0.25) is 0 Å².